The quantitative estimate of drug-likeness (QED) is 0.678. The second-order valence-electron chi connectivity index (χ2n) is 3.15. The van der Waals surface area contributed by atoms with Crippen LogP contribution in [0.2, 0.25) is 0 Å². The average molecular weight is 262 g/mol. The molecule has 0 heterocycles. The normalized spacial score (nSPS) is 12.9. The van der Waals surface area contributed by atoms with Crippen LogP contribution in [0.25, 0.3) is 0 Å². The number of carboxylic acids is 1. The predicted molar refractivity (Wildman–Crippen MR) is 56.8 cm³/mol. The fourth-order valence-electron chi connectivity index (χ4n) is 0.971. The highest BCUT2D eigenvalue weighted by atomic mass is 31.2. The Morgan fingerprint density at radius 3 is 2.12 bits per heavy atom. The average Bonchev–Trinajstić information content (AvgIpc) is 2.18. The van der Waals surface area contributed by atoms with E-state index in [1.54, 1.807) is 0 Å². The number of benzene rings is 1. The fourth-order valence-corrected chi connectivity index (χ4v) is 1.37. The first-order valence-corrected chi connectivity index (χ1v) is 6.05. The molecule has 0 saturated heterocycles. The summed E-state index contributed by atoms with van der Waals surface area (Å²) in [5.74, 6) is -0.882. The molecule has 3 N–H and O–H groups in total. The first-order valence-electron chi connectivity index (χ1n) is 4.52. The number of carbonyl (C=O) groups is 1. The number of aliphatic carboxylic acids is 1. The van der Waals surface area contributed by atoms with E-state index in [2.05, 4.69) is 4.52 Å². The van der Waals surface area contributed by atoms with Crippen LogP contribution in [0.3, 0.4) is 0 Å². The molecule has 0 aromatic heterocycles. The third-order valence-corrected chi connectivity index (χ3v) is 2.16. The SMILES string of the molecule is CC(Oc1ccc(OP(=O)(O)O)cc1)C(=O)O. The second-order valence-corrected chi connectivity index (χ2v) is 4.32. The van der Waals surface area contributed by atoms with Crippen LogP contribution in [-0.2, 0) is 9.36 Å². The number of ether oxygens (including phenoxy) is 1. The summed E-state index contributed by atoms with van der Waals surface area (Å²) in [5.41, 5.74) is 0. The maximum Gasteiger partial charge on any atom is 0.524 e. The van der Waals surface area contributed by atoms with Crippen molar-refractivity contribution in [1.82, 2.24) is 0 Å². The van der Waals surface area contributed by atoms with Gasteiger partial charge in [-0.15, -0.1) is 0 Å². The van der Waals surface area contributed by atoms with Gasteiger partial charge in [-0.3, -0.25) is 9.79 Å². The van der Waals surface area contributed by atoms with E-state index in [4.69, 9.17) is 19.6 Å². The van der Waals surface area contributed by atoms with Crippen molar-refractivity contribution in [1.29, 1.82) is 0 Å². The largest absolute Gasteiger partial charge is 0.524 e. The van der Waals surface area contributed by atoms with Gasteiger partial charge in [-0.25, -0.2) is 9.36 Å². The molecular formula is C9H11O7P. The van der Waals surface area contributed by atoms with Gasteiger partial charge in [0.25, 0.3) is 0 Å². The van der Waals surface area contributed by atoms with Gasteiger partial charge in [0.15, 0.2) is 6.10 Å². The van der Waals surface area contributed by atoms with Crippen LogP contribution in [-0.4, -0.2) is 27.0 Å². The molecule has 17 heavy (non-hydrogen) atoms. The molecule has 1 aromatic rings. The van der Waals surface area contributed by atoms with E-state index in [-0.39, 0.29) is 11.5 Å². The lowest BCUT2D eigenvalue weighted by Crippen LogP contribution is -2.22. The van der Waals surface area contributed by atoms with E-state index >= 15 is 0 Å². The summed E-state index contributed by atoms with van der Waals surface area (Å²) < 4.78 is 19.8. The number of phosphoric acid groups is 1. The highest BCUT2D eigenvalue weighted by molar-refractivity contribution is 7.46. The van der Waals surface area contributed by atoms with Crippen LogP contribution in [0.1, 0.15) is 6.92 Å². The van der Waals surface area contributed by atoms with E-state index in [1.807, 2.05) is 0 Å². The molecule has 1 rings (SSSR count). The summed E-state index contributed by atoms with van der Waals surface area (Å²) >= 11 is 0. The molecule has 1 atom stereocenters. The minimum absolute atomic E-state index is 0.0336. The molecule has 7 nitrogen and oxygen atoms in total. The van der Waals surface area contributed by atoms with Crippen molar-refractivity contribution >= 4 is 13.8 Å². The van der Waals surface area contributed by atoms with Crippen molar-refractivity contribution in [2.75, 3.05) is 0 Å². The Balaban J connectivity index is 2.68. The van der Waals surface area contributed by atoms with Crippen molar-refractivity contribution < 1.29 is 33.5 Å². The smallest absolute Gasteiger partial charge is 0.479 e. The number of rotatable bonds is 5. The van der Waals surface area contributed by atoms with E-state index in [1.165, 1.54) is 31.2 Å². The lowest BCUT2D eigenvalue weighted by atomic mass is 10.3. The first-order chi connectivity index (χ1) is 7.78. The third kappa shape index (κ3) is 4.86. The summed E-state index contributed by atoms with van der Waals surface area (Å²) in [7, 11) is -4.58. The zero-order chi connectivity index (χ0) is 13.1. The summed E-state index contributed by atoms with van der Waals surface area (Å²) in [6.07, 6.45) is -1.01. The topological polar surface area (TPSA) is 113 Å². The Morgan fingerprint density at radius 1 is 1.24 bits per heavy atom. The van der Waals surface area contributed by atoms with Crippen LogP contribution in [0, 0.1) is 0 Å². The van der Waals surface area contributed by atoms with Gasteiger partial charge in [0, 0.05) is 0 Å². The second kappa shape index (κ2) is 5.18. The lowest BCUT2D eigenvalue weighted by Gasteiger charge is -2.11. The maximum absolute atomic E-state index is 10.5. The minimum atomic E-state index is -4.58. The molecule has 0 saturated carbocycles. The van der Waals surface area contributed by atoms with E-state index < -0.39 is 19.9 Å². The van der Waals surface area contributed by atoms with E-state index in [9.17, 15) is 9.36 Å². The van der Waals surface area contributed by atoms with Crippen molar-refractivity contribution in [2.45, 2.75) is 13.0 Å². The molecule has 0 aliphatic rings. The van der Waals surface area contributed by atoms with Gasteiger partial charge < -0.3 is 14.4 Å². The number of hydrogen-bond acceptors (Lipinski definition) is 4. The van der Waals surface area contributed by atoms with Crippen LogP contribution < -0.4 is 9.26 Å². The third-order valence-electron chi connectivity index (χ3n) is 1.71. The fraction of sp³-hybridized carbons (Fsp3) is 0.222. The molecule has 1 unspecified atom stereocenters. The molecule has 1 aromatic carbocycles. The van der Waals surface area contributed by atoms with E-state index in [0.29, 0.717) is 0 Å². The van der Waals surface area contributed by atoms with Crippen molar-refractivity contribution in [2.24, 2.45) is 0 Å². The molecule has 0 bridgehead atoms. The monoisotopic (exact) mass is 262 g/mol. The molecule has 0 amide bonds. The molecule has 0 radical (unpaired) electrons. The lowest BCUT2D eigenvalue weighted by molar-refractivity contribution is -0.144. The zero-order valence-corrected chi connectivity index (χ0v) is 9.70. The Labute approximate surface area is 96.8 Å². The Kier molecular flexibility index (Phi) is 4.11. The van der Waals surface area contributed by atoms with E-state index in [0.717, 1.165) is 0 Å². The Hall–Kier alpha value is -1.56. The maximum atomic E-state index is 10.5. The van der Waals surface area contributed by atoms with Crippen LogP contribution in [0.5, 0.6) is 11.5 Å². The number of phosphoric ester groups is 1. The van der Waals surface area contributed by atoms with Crippen molar-refractivity contribution in [3.63, 3.8) is 0 Å². The summed E-state index contributed by atoms with van der Waals surface area (Å²) in [4.78, 5) is 27.6. The van der Waals surface area contributed by atoms with Gasteiger partial charge in [0.2, 0.25) is 0 Å². The van der Waals surface area contributed by atoms with Gasteiger partial charge in [0.1, 0.15) is 11.5 Å². The van der Waals surface area contributed by atoms with Crippen LogP contribution >= 0.6 is 7.82 Å². The standard InChI is InChI=1S/C9H11O7P/c1-6(9(10)11)15-7-2-4-8(5-3-7)16-17(12,13)14/h2-6H,1H3,(H,10,11)(H2,12,13,14). The highest BCUT2D eigenvalue weighted by Gasteiger charge is 2.16. The highest BCUT2D eigenvalue weighted by Crippen LogP contribution is 2.37. The minimum Gasteiger partial charge on any atom is -0.479 e. The van der Waals surface area contributed by atoms with Crippen molar-refractivity contribution in [3.05, 3.63) is 24.3 Å². The molecule has 0 spiro atoms. The summed E-state index contributed by atoms with van der Waals surface area (Å²) in [5, 5.41) is 8.60. The van der Waals surface area contributed by atoms with Crippen molar-refractivity contribution in [3.8, 4) is 11.5 Å². The Bertz CT molecular complexity index is 435. The zero-order valence-electron chi connectivity index (χ0n) is 8.81. The summed E-state index contributed by atoms with van der Waals surface area (Å²) in [6, 6.07) is 5.24. The molecule has 8 heteroatoms. The predicted octanol–water partition coefficient (Wildman–Crippen LogP) is 1.01. The molecule has 94 valence electrons. The van der Waals surface area contributed by atoms with Crippen LogP contribution in [0.15, 0.2) is 24.3 Å². The Morgan fingerprint density at radius 2 is 1.71 bits per heavy atom. The van der Waals surface area contributed by atoms with Gasteiger partial charge >= 0.3 is 13.8 Å². The molecule has 0 aliphatic heterocycles. The number of hydrogen-bond donors (Lipinski definition) is 3. The van der Waals surface area contributed by atoms with Crippen LogP contribution in [0.4, 0.5) is 0 Å². The summed E-state index contributed by atoms with van der Waals surface area (Å²) in [6.45, 7) is 1.36. The molecule has 0 aliphatic carbocycles. The van der Waals surface area contributed by atoms with Gasteiger partial charge in [0.05, 0.1) is 0 Å². The number of carboxylic acid groups (broad SMARTS) is 1. The van der Waals surface area contributed by atoms with Gasteiger partial charge in [-0.2, -0.15) is 0 Å². The first kappa shape index (κ1) is 13.5. The molecular weight excluding hydrogens is 251 g/mol. The van der Waals surface area contributed by atoms with Gasteiger partial charge in [-0.1, -0.05) is 0 Å². The molecule has 0 fully saturated rings. The van der Waals surface area contributed by atoms with Gasteiger partial charge in [-0.05, 0) is 31.2 Å².